The lowest BCUT2D eigenvalue weighted by atomic mass is 10.2. The van der Waals surface area contributed by atoms with Crippen LogP contribution in [-0.2, 0) is 4.79 Å². The lowest BCUT2D eigenvalue weighted by Crippen LogP contribution is -2.36. The minimum Gasteiger partial charge on any atom is -0.493 e. The van der Waals surface area contributed by atoms with Gasteiger partial charge in [-0.2, -0.15) is 5.10 Å². The lowest BCUT2D eigenvalue weighted by molar-refractivity contribution is -0.118. The second kappa shape index (κ2) is 11.2. The Hall–Kier alpha value is -2.84. The van der Waals surface area contributed by atoms with Crippen molar-refractivity contribution in [1.29, 1.82) is 0 Å². The maximum Gasteiger partial charge on any atom is 0.262 e. The minimum atomic E-state index is -0.332. The number of thiocarbonyl (C=S) groups is 1. The number of amides is 1. The van der Waals surface area contributed by atoms with Crippen LogP contribution in [0.4, 0.5) is 5.69 Å². The number of anilines is 1. The Morgan fingerprint density at radius 2 is 2.00 bits per heavy atom. The zero-order valence-corrected chi connectivity index (χ0v) is 17.9. The molecule has 0 aliphatic carbocycles. The van der Waals surface area contributed by atoms with Gasteiger partial charge in [-0.05, 0) is 62.0 Å². The number of halogens is 1. The molecule has 2 aromatic carbocycles. The van der Waals surface area contributed by atoms with Crippen LogP contribution >= 0.6 is 23.8 Å². The third-order valence-electron chi connectivity index (χ3n) is 3.49. The number of hydrazone groups is 1. The molecular formula is C20H23ClN4O3S. The highest BCUT2D eigenvalue weighted by molar-refractivity contribution is 7.80. The number of nitrogens with zero attached hydrogens (tertiary/aromatic N) is 1. The predicted octanol–water partition coefficient (Wildman–Crippen LogP) is 3.57. The summed E-state index contributed by atoms with van der Waals surface area (Å²) in [6.07, 6.45) is 1.60. The number of methoxy groups -OCH3 is 1. The summed E-state index contributed by atoms with van der Waals surface area (Å²) >= 11 is 11.1. The maximum absolute atomic E-state index is 12.1. The van der Waals surface area contributed by atoms with Crippen LogP contribution < -0.4 is 25.5 Å². The summed E-state index contributed by atoms with van der Waals surface area (Å²) in [5, 5.41) is 10.7. The standard InChI is InChI=1S/C20H23ClN4O3S/c1-13(2)23-20(29)25-22-11-14-8-9-17(18(10-14)27-3)28-12-19(26)24-16-7-5-4-6-15(16)21/h4-11,13H,12H2,1-3H3,(H,24,26)(H2,23,25,29)/b22-11+. The van der Waals surface area contributed by atoms with Crippen LogP contribution in [0.15, 0.2) is 47.6 Å². The number of ether oxygens (including phenoxy) is 2. The number of carbonyl (C=O) groups excluding carboxylic acids is 1. The second-order valence-corrected chi connectivity index (χ2v) is 7.04. The van der Waals surface area contributed by atoms with E-state index >= 15 is 0 Å². The van der Waals surface area contributed by atoms with Gasteiger partial charge in [-0.3, -0.25) is 10.2 Å². The largest absolute Gasteiger partial charge is 0.493 e. The van der Waals surface area contributed by atoms with Crippen molar-refractivity contribution >= 4 is 46.7 Å². The molecule has 0 saturated carbocycles. The van der Waals surface area contributed by atoms with Crippen LogP contribution in [0.3, 0.4) is 0 Å². The fraction of sp³-hybridized carbons (Fsp3) is 0.250. The number of benzene rings is 2. The van der Waals surface area contributed by atoms with Crippen molar-refractivity contribution in [2.45, 2.75) is 19.9 Å². The Morgan fingerprint density at radius 1 is 1.24 bits per heavy atom. The normalized spacial score (nSPS) is 10.7. The summed E-state index contributed by atoms with van der Waals surface area (Å²) in [5.41, 5.74) is 4.04. The van der Waals surface area contributed by atoms with Crippen molar-refractivity contribution in [3.8, 4) is 11.5 Å². The molecule has 3 N–H and O–H groups in total. The van der Waals surface area contributed by atoms with Gasteiger partial charge in [0.15, 0.2) is 23.2 Å². The van der Waals surface area contributed by atoms with Gasteiger partial charge in [0.2, 0.25) is 0 Å². The third-order valence-corrected chi connectivity index (χ3v) is 4.03. The van der Waals surface area contributed by atoms with Crippen LogP contribution in [0, 0.1) is 0 Å². The van der Waals surface area contributed by atoms with E-state index in [1.807, 2.05) is 13.8 Å². The second-order valence-electron chi connectivity index (χ2n) is 6.23. The summed E-state index contributed by atoms with van der Waals surface area (Å²) in [7, 11) is 1.52. The van der Waals surface area contributed by atoms with Gasteiger partial charge in [0.1, 0.15) is 0 Å². The van der Waals surface area contributed by atoms with Crippen molar-refractivity contribution in [3.63, 3.8) is 0 Å². The van der Waals surface area contributed by atoms with Gasteiger partial charge < -0.3 is 20.1 Å². The van der Waals surface area contributed by atoms with E-state index in [1.165, 1.54) is 7.11 Å². The zero-order valence-electron chi connectivity index (χ0n) is 16.4. The Balaban J connectivity index is 1.93. The van der Waals surface area contributed by atoms with E-state index in [0.29, 0.717) is 27.3 Å². The van der Waals surface area contributed by atoms with E-state index in [2.05, 4.69) is 21.2 Å². The molecule has 0 unspecified atom stereocenters. The fourth-order valence-corrected chi connectivity index (χ4v) is 2.71. The number of hydrogen-bond donors (Lipinski definition) is 3. The highest BCUT2D eigenvalue weighted by Gasteiger charge is 2.10. The first kappa shape index (κ1) is 22.4. The number of hydrogen-bond acceptors (Lipinski definition) is 5. The van der Waals surface area contributed by atoms with Gasteiger partial charge >= 0.3 is 0 Å². The van der Waals surface area contributed by atoms with Crippen molar-refractivity contribution in [3.05, 3.63) is 53.1 Å². The van der Waals surface area contributed by atoms with Crippen molar-refractivity contribution in [1.82, 2.24) is 10.7 Å². The third kappa shape index (κ3) is 7.59. The summed E-state index contributed by atoms with van der Waals surface area (Å²) in [4.78, 5) is 12.1. The highest BCUT2D eigenvalue weighted by Crippen LogP contribution is 2.27. The number of para-hydroxylation sites is 1. The summed E-state index contributed by atoms with van der Waals surface area (Å²) in [6, 6.07) is 12.4. The van der Waals surface area contributed by atoms with Crippen molar-refractivity contribution < 1.29 is 14.3 Å². The summed E-state index contributed by atoms with van der Waals surface area (Å²) < 4.78 is 10.9. The van der Waals surface area contributed by atoms with E-state index < -0.39 is 0 Å². The molecule has 7 nitrogen and oxygen atoms in total. The van der Waals surface area contributed by atoms with E-state index in [0.717, 1.165) is 5.56 Å². The van der Waals surface area contributed by atoms with Gasteiger partial charge in [0.25, 0.3) is 5.91 Å². The monoisotopic (exact) mass is 434 g/mol. The average Bonchev–Trinajstić information content (AvgIpc) is 2.68. The number of carbonyl (C=O) groups is 1. The topological polar surface area (TPSA) is 84.0 Å². The van der Waals surface area contributed by atoms with E-state index in [9.17, 15) is 4.79 Å². The Bertz CT molecular complexity index is 890. The Morgan fingerprint density at radius 3 is 2.69 bits per heavy atom. The smallest absolute Gasteiger partial charge is 0.262 e. The van der Waals surface area contributed by atoms with E-state index in [-0.39, 0.29) is 18.6 Å². The minimum absolute atomic E-state index is 0.189. The maximum atomic E-state index is 12.1. The Kier molecular flexibility index (Phi) is 8.69. The first-order valence-electron chi connectivity index (χ1n) is 8.84. The number of nitrogens with one attached hydrogen (secondary N) is 3. The molecule has 2 aromatic rings. The molecule has 0 heterocycles. The molecule has 0 aliphatic heterocycles. The molecule has 0 bridgehead atoms. The zero-order chi connectivity index (χ0) is 21.2. The first-order valence-corrected chi connectivity index (χ1v) is 9.62. The average molecular weight is 435 g/mol. The van der Waals surface area contributed by atoms with E-state index in [1.54, 1.807) is 48.7 Å². The van der Waals surface area contributed by atoms with Crippen LogP contribution in [0.1, 0.15) is 19.4 Å². The first-order chi connectivity index (χ1) is 13.9. The van der Waals surface area contributed by atoms with Gasteiger partial charge in [0, 0.05) is 6.04 Å². The highest BCUT2D eigenvalue weighted by atomic mass is 35.5. The molecule has 0 aromatic heterocycles. The van der Waals surface area contributed by atoms with Crippen LogP contribution in [0.5, 0.6) is 11.5 Å². The summed E-state index contributed by atoms with van der Waals surface area (Å²) in [5.74, 6) is 0.576. The van der Waals surface area contributed by atoms with Crippen LogP contribution in [-0.4, -0.2) is 37.0 Å². The fourth-order valence-electron chi connectivity index (χ4n) is 2.24. The lowest BCUT2D eigenvalue weighted by Gasteiger charge is -2.12. The Labute approximate surface area is 180 Å². The molecule has 1 amide bonds. The molecule has 0 spiro atoms. The van der Waals surface area contributed by atoms with Gasteiger partial charge in [-0.15, -0.1) is 0 Å². The predicted molar refractivity (Wildman–Crippen MR) is 120 cm³/mol. The SMILES string of the molecule is COc1cc(/C=N/NC(=S)NC(C)C)ccc1OCC(=O)Nc1ccccc1Cl. The number of rotatable bonds is 8. The molecule has 0 fully saturated rings. The van der Waals surface area contributed by atoms with Crippen molar-refractivity contribution in [2.75, 3.05) is 19.0 Å². The molecule has 2 rings (SSSR count). The molecule has 0 saturated heterocycles. The molecule has 154 valence electrons. The molecule has 0 radical (unpaired) electrons. The molecule has 29 heavy (non-hydrogen) atoms. The van der Waals surface area contributed by atoms with Crippen LogP contribution in [0.2, 0.25) is 5.02 Å². The quantitative estimate of drug-likeness (QED) is 0.334. The van der Waals surface area contributed by atoms with Crippen molar-refractivity contribution in [2.24, 2.45) is 5.10 Å². The van der Waals surface area contributed by atoms with Crippen LogP contribution in [0.25, 0.3) is 0 Å². The molecular weight excluding hydrogens is 412 g/mol. The molecule has 0 atom stereocenters. The van der Waals surface area contributed by atoms with Gasteiger partial charge in [-0.25, -0.2) is 0 Å². The summed E-state index contributed by atoms with van der Waals surface area (Å²) in [6.45, 7) is 3.78. The molecule has 0 aliphatic rings. The van der Waals surface area contributed by atoms with Gasteiger partial charge in [0.05, 0.1) is 24.0 Å². The van der Waals surface area contributed by atoms with Gasteiger partial charge in [-0.1, -0.05) is 23.7 Å². The molecule has 9 heteroatoms. The van der Waals surface area contributed by atoms with E-state index in [4.69, 9.17) is 33.3 Å².